The second-order valence-corrected chi connectivity index (χ2v) is 4.49. The Balaban J connectivity index is 2.29. The predicted octanol–water partition coefficient (Wildman–Crippen LogP) is 3.16. The van der Waals surface area contributed by atoms with Gasteiger partial charge in [-0.15, -0.1) is 0 Å². The number of fused-ring (bicyclic) bond motifs is 4. The fourth-order valence-corrected chi connectivity index (χ4v) is 2.52. The standard InChI is InChI=1S/C15H10N2O/c18-15-16-13-6-5-11-7-9-3-1-2-4-10(9)8-12(11)14(13)17-15/h1-8H,(H2,16,17,18). The number of H-pyrrole nitrogens is 2. The monoisotopic (exact) mass is 234 g/mol. The Hall–Kier alpha value is -2.55. The summed E-state index contributed by atoms with van der Waals surface area (Å²) in [6.45, 7) is 0. The van der Waals surface area contributed by atoms with E-state index in [1.165, 1.54) is 10.8 Å². The molecular formula is C15H10N2O. The molecule has 1 heterocycles. The molecular weight excluding hydrogens is 224 g/mol. The highest BCUT2D eigenvalue weighted by atomic mass is 16.1. The van der Waals surface area contributed by atoms with E-state index in [0.29, 0.717) is 0 Å². The van der Waals surface area contributed by atoms with Crippen LogP contribution >= 0.6 is 0 Å². The molecule has 1 aromatic heterocycles. The lowest BCUT2D eigenvalue weighted by Crippen LogP contribution is -1.99. The van der Waals surface area contributed by atoms with Gasteiger partial charge in [0.1, 0.15) is 0 Å². The lowest BCUT2D eigenvalue weighted by Gasteiger charge is -2.03. The van der Waals surface area contributed by atoms with Crippen molar-refractivity contribution in [2.24, 2.45) is 0 Å². The maximum atomic E-state index is 11.4. The van der Waals surface area contributed by atoms with Crippen LogP contribution in [0.1, 0.15) is 0 Å². The minimum absolute atomic E-state index is 0.161. The molecule has 2 N–H and O–H groups in total. The van der Waals surface area contributed by atoms with Gasteiger partial charge >= 0.3 is 5.69 Å². The van der Waals surface area contributed by atoms with Gasteiger partial charge in [-0.25, -0.2) is 4.79 Å². The van der Waals surface area contributed by atoms with E-state index < -0.39 is 0 Å². The molecule has 0 unspecified atom stereocenters. The summed E-state index contributed by atoms with van der Waals surface area (Å²) in [7, 11) is 0. The fourth-order valence-electron chi connectivity index (χ4n) is 2.52. The molecule has 0 fully saturated rings. The number of imidazole rings is 1. The molecule has 3 heteroatoms. The average Bonchev–Trinajstić information content (AvgIpc) is 2.77. The highest BCUT2D eigenvalue weighted by molar-refractivity contribution is 6.09. The fraction of sp³-hybridized carbons (Fsp3) is 0. The molecule has 0 aliphatic heterocycles. The number of aromatic nitrogens is 2. The molecule has 0 atom stereocenters. The SMILES string of the molecule is O=c1[nH]c2ccc3cc4ccccc4cc3c2[nH]1. The van der Waals surface area contributed by atoms with E-state index in [0.717, 1.165) is 21.8 Å². The van der Waals surface area contributed by atoms with E-state index in [2.05, 4.69) is 34.2 Å². The van der Waals surface area contributed by atoms with E-state index in [4.69, 9.17) is 0 Å². The Kier molecular flexibility index (Phi) is 1.70. The molecule has 3 nitrogen and oxygen atoms in total. The molecule has 0 spiro atoms. The first kappa shape index (κ1) is 9.48. The molecule has 0 radical (unpaired) electrons. The first-order valence-electron chi connectivity index (χ1n) is 5.85. The second-order valence-electron chi connectivity index (χ2n) is 4.49. The number of nitrogens with one attached hydrogen (secondary N) is 2. The van der Waals surface area contributed by atoms with Gasteiger partial charge in [-0.2, -0.15) is 0 Å². The molecule has 0 aliphatic rings. The Morgan fingerprint density at radius 2 is 1.56 bits per heavy atom. The summed E-state index contributed by atoms with van der Waals surface area (Å²) in [6.07, 6.45) is 0. The van der Waals surface area contributed by atoms with Gasteiger partial charge in [-0.05, 0) is 34.4 Å². The number of aromatic amines is 2. The van der Waals surface area contributed by atoms with Gasteiger partial charge in [0.2, 0.25) is 0 Å². The van der Waals surface area contributed by atoms with E-state index in [1.54, 1.807) is 0 Å². The van der Waals surface area contributed by atoms with Gasteiger partial charge in [-0.3, -0.25) is 0 Å². The third kappa shape index (κ3) is 1.21. The molecule has 0 amide bonds. The van der Waals surface area contributed by atoms with E-state index in [1.807, 2.05) is 24.3 Å². The van der Waals surface area contributed by atoms with Crippen LogP contribution in [-0.2, 0) is 0 Å². The molecule has 4 rings (SSSR count). The van der Waals surface area contributed by atoms with Crippen LogP contribution < -0.4 is 5.69 Å². The van der Waals surface area contributed by atoms with Crippen molar-refractivity contribution in [3.05, 3.63) is 59.0 Å². The highest BCUT2D eigenvalue weighted by Crippen LogP contribution is 2.26. The van der Waals surface area contributed by atoms with Crippen LogP contribution in [-0.4, -0.2) is 9.97 Å². The van der Waals surface area contributed by atoms with Crippen LogP contribution in [0.3, 0.4) is 0 Å². The maximum Gasteiger partial charge on any atom is 0.323 e. The van der Waals surface area contributed by atoms with Gasteiger partial charge in [0.15, 0.2) is 0 Å². The summed E-state index contributed by atoms with van der Waals surface area (Å²) in [6, 6.07) is 16.5. The van der Waals surface area contributed by atoms with Crippen LogP contribution in [0.4, 0.5) is 0 Å². The van der Waals surface area contributed by atoms with Crippen molar-refractivity contribution >= 4 is 32.6 Å². The minimum Gasteiger partial charge on any atom is -0.306 e. The maximum absolute atomic E-state index is 11.4. The van der Waals surface area contributed by atoms with E-state index >= 15 is 0 Å². The van der Waals surface area contributed by atoms with Crippen LogP contribution in [0.15, 0.2) is 53.3 Å². The normalized spacial score (nSPS) is 11.6. The molecule has 0 saturated carbocycles. The van der Waals surface area contributed by atoms with Crippen molar-refractivity contribution < 1.29 is 0 Å². The number of benzene rings is 3. The number of hydrogen-bond acceptors (Lipinski definition) is 1. The summed E-state index contributed by atoms with van der Waals surface area (Å²) in [5.41, 5.74) is 1.57. The largest absolute Gasteiger partial charge is 0.323 e. The van der Waals surface area contributed by atoms with Gasteiger partial charge in [-0.1, -0.05) is 30.3 Å². The van der Waals surface area contributed by atoms with Crippen LogP contribution in [0, 0.1) is 0 Å². The minimum atomic E-state index is -0.161. The second kappa shape index (κ2) is 3.23. The van der Waals surface area contributed by atoms with E-state index in [-0.39, 0.29) is 5.69 Å². The molecule has 3 aromatic carbocycles. The topological polar surface area (TPSA) is 48.6 Å². The van der Waals surface area contributed by atoms with Crippen molar-refractivity contribution in [3.8, 4) is 0 Å². The zero-order valence-corrected chi connectivity index (χ0v) is 9.53. The van der Waals surface area contributed by atoms with Crippen molar-refractivity contribution in [1.82, 2.24) is 9.97 Å². The summed E-state index contributed by atoms with van der Waals surface area (Å²) in [5.74, 6) is 0. The van der Waals surface area contributed by atoms with Crippen LogP contribution in [0.2, 0.25) is 0 Å². The highest BCUT2D eigenvalue weighted by Gasteiger charge is 2.04. The Morgan fingerprint density at radius 3 is 2.39 bits per heavy atom. The van der Waals surface area contributed by atoms with E-state index in [9.17, 15) is 4.79 Å². The zero-order chi connectivity index (χ0) is 12.1. The van der Waals surface area contributed by atoms with Crippen molar-refractivity contribution in [2.45, 2.75) is 0 Å². The summed E-state index contributed by atoms with van der Waals surface area (Å²) < 4.78 is 0. The van der Waals surface area contributed by atoms with Gasteiger partial charge in [0.05, 0.1) is 11.0 Å². The molecule has 0 bridgehead atoms. The summed E-state index contributed by atoms with van der Waals surface area (Å²) in [4.78, 5) is 17.0. The predicted molar refractivity (Wildman–Crippen MR) is 73.9 cm³/mol. The van der Waals surface area contributed by atoms with Crippen molar-refractivity contribution in [3.63, 3.8) is 0 Å². The molecule has 0 saturated heterocycles. The van der Waals surface area contributed by atoms with Gasteiger partial charge in [0.25, 0.3) is 0 Å². The summed E-state index contributed by atoms with van der Waals surface area (Å²) in [5, 5.41) is 4.60. The Labute approximate surface area is 102 Å². The molecule has 0 aliphatic carbocycles. The van der Waals surface area contributed by atoms with Crippen LogP contribution in [0.25, 0.3) is 32.6 Å². The third-order valence-corrected chi connectivity index (χ3v) is 3.37. The van der Waals surface area contributed by atoms with Crippen molar-refractivity contribution in [2.75, 3.05) is 0 Å². The zero-order valence-electron chi connectivity index (χ0n) is 9.53. The van der Waals surface area contributed by atoms with Gasteiger partial charge < -0.3 is 9.97 Å². The molecule has 86 valence electrons. The third-order valence-electron chi connectivity index (χ3n) is 3.37. The smallest absolute Gasteiger partial charge is 0.306 e. The lowest BCUT2D eigenvalue weighted by atomic mass is 10.0. The van der Waals surface area contributed by atoms with Gasteiger partial charge in [0, 0.05) is 5.39 Å². The molecule has 4 aromatic rings. The summed E-state index contributed by atoms with van der Waals surface area (Å²) >= 11 is 0. The first-order chi connectivity index (χ1) is 8.81. The number of hydrogen-bond donors (Lipinski definition) is 2. The first-order valence-corrected chi connectivity index (χ1v) is 5.85. The number of rotatable bonds is 0. The lowest BCUT2D eigenvalue weighted by molar-refractivity contribution is 1.22. The Morgan fingerprint density at radius 1 is 0.778 bits per heavy atom. The molecule has 18 heavy (non-hydrogen) atoms. The Bertz CT molecular complexity index is 947. The van der Waals surface area contributed by atoms with Crippen LogP contribution in [0.5, 0.6) is 0 Å². The average molecular weight is 234 g/mol. The van der Waals surface area contributed by atoms with Crippen molar-refractivity contribution in [1.29, 1.82) is 0 Å². The quantitative estimate of drug-likeness (QED) is 0.451.